The van der Waals surface area contributed by atoms with E-state index in [4.69, 9.17) is 14.2 Å². The molecule has 0 radical (unpaired) electrons. The van der Waals surface area contributed by atoms with Crippen LogP contribution in [0.3, 0.4) is 0 Å². The molecule has 9 heteroatoms. The third-order valence-corrected chi connectivity index (χ3v) is 3.66. The predicted molar refractivity (Wildman–Crippen MR) is 103 cm³/mol. The molecule has 2 N–H and O–H groups in total. The van der Waals surface area contributed by atoms with E-state index in [-0.39, 0.29) is 24.4 Å². The Morgan fingerprint density at radius 1 is 0.793 bits per heavy atom. The molecule has 0 aromatic carbocycles. The lowest BCUT2D eigenvalue weighted by molar-refractivity contribution is -0.154. The lowest BCUT2D eigenvalue weighted by Gasteiger charge is -2.26. The van der Waals surface area contributed by atoms with E-state index in [2.05, 4.69) is 13.2 Å². The first kappa shape index (κ1) is 26.6. The highest BCUT2D eigenvalue weighted by atomic mass is 16.6. The van der Waals surface area contributed by atoms with Crippen LogP contribution in [0.15, 0.2) is 25.3 Å². The lowest BCUT2D eigenvalue weighted by atomic mass is 10.1. The molecule has 0 aliphatic rings. The molecule has 0 spiro atoms. The summed E-state index contributed by atoms with van der Waals surface area (Å²) in [6, 6.07) is 0. The summed E-state index contributed by atoms with van der Waals surface area (Å²) in [7, 11) is 0. The van der Waals surface area contributed by atoms with Gasteiger partial charge in [0, 0.05) is 12.8 Å². The van der Waals surface area contributed by atoms with Crippen LogP contribution < -0.4 is 0 Å². The Balaban J connectivity index is 4.81. The molecule has 0 rings (SSSR count). The lowest BCUT2D eigenvalue weighted by Crippen LogP contribution is -2.32. The van der Waals surface area contributed by atoms with Crippen LogP contribution in [0.5, 0.6) is 0 Å². The topological polar surface area (TPSA) is 136 Å². The molecule has 4 unspecified atom stereocenters. The van der Waals surface area contributed by atoms with Gasteiger partial charge in [0.05, 0.1) is 25.4 Å². The molecule has 0 saturated carbocycles. The quantitative estimate of drug-likeness (QED) is 0.212. The first-order chi connectivity index (χ1) is 13.6. The molecule has 9 nitrogen and oxygen atoms in total. The third kappa shape index (κ3) is 12.7. The SMILES string of the molecule is C=CC(CC(CO)OC(=O)CC(C)=O)OC(C=C)CC(CO)OC(=O)CC(C)=O. The number of carbonyl (C=O) groups is 4. The average Bonchev–Trinajstić information content (AvgIpc) is 2.63. The maximum Gasteiger partial charge on any atom is 0.313 e. The van der Waals surface area contributed by atoms with Crippen LogP contribution in [0, 0.1) is 0 Å². The van der Waals surface area contributed by atoms with Crippen molar-refractivity contribution in [2.75, 3.05) is 13.2 Å². The number of ether oxygens (including phenoxy) is 3. The first-order valence-corrected chi connectivity index (χ1v) is 9.15. The molecule has 0 aromatic heterocycles. The van der Waals surface area contributed by atoms with Crippen molar-refractivity contribution < 1.29 is 43.6 Å². The standard InChI is InChI=1S/C20H30O9/c1-5-15(9-17(11-21)28-19(25)7-13(3)23)27-16(6-2)10-18(12-22)29-20(26)8-14(4)24/h5-6,15-18,21-22H,1-2,7-12H2,3-4H3. The van der Waals surface area contributed by atoms with E-state index in [1.54, 1.807) is 0 Å². The van der Waals surface area contributed by atoms with Gasteiger partial charge in [0.1, 0.15) is 36.6 Å². The number of esters is 2. The molecule has 0 bridgehead atoms. The zero-order valence-corrected chi connectivity index (χ0v) is 16.9. The molecular formula is C20H30O9. The van der Waals surface area contributed by atoms with E-state index >= 15 is 0 Å². The van der Waals surface area contributed by atoms with Gasteiger partial charge in [-0.3, -0.25) is 19.2 Å². The second-order valence-electron chi connectivity index (χ2n) is 6.50. The van der Waals surface area contributed by atoms with E-state index in [1.807, 2.05) is 0 Å². The van der Waals surface area contributed by atoms with Gasteiger partial charge in [-0.15, -0.1) is 13.2 Å². The summed E-state index contributed by atoms with van der Waals surface area (Å²) >= 11 is 0. The first-order valence-electron chi connectivity index (χ1n) is 9.15. The van der Waals surface area contributed by atoms with Crippen molar-refractivity contribution in [3.63, 3.8) is 0 Å². The Bertz CT molecular complexity index is 535. The second kappa shape index (κ2) is 14.6. The molecule has 0 saturated heterocycles. The van der Waals surface area contributed by atoms with Crippen molar-refractivity contribution in [3.8, 4) is 0 Å². The number of hydrogen-bond donors (Lipinski definition) is 2. The van der Waals surface area contributed by atoms with Crippen LogP contribution in [0.4, 0.5) is 0 Å². The van der Waals surface area contributed by atoms with Crippen LogP contribution in [0.1, 0.15) is 39.5 Å². The summed E-state index contributed by atoms with van der Waals surface area (Å²) < 4.78 is 15.9. The Morgan fingerprint density at radius 3 is 1.38 bits per heavy atom. The van der Waals surface area contributed by atoms with Gasteiger partial charge in [0.2, 0.25) is 0 Å². The van der Waals surface area contributed by atoms with Gasteiger partial charge < -0.3 is 24.4 Å². The highest BCUT2D eigenvalue weighted by Gasteiger charge is 2.24. The van der Waals surface area contributed by atoms with E-state index in [1.165, 1.54) is 26.0 Å². The highest BCUT2D eigenvalue weighted by molar-refractivity contribution is 5.94. The molecule has 0 aliphatic heterocycles. The van der Waals surface area contributed by atoms with E-state index < -0.39 is 62.4 Å². The fourth-order valence-corrected chi connectivity index (χ4v) is 2.34. The number of ketones is 2. The number of aliphatic hydroxyl groups excluding tert-OH is 2. The van der Waals surface area contributed by atoms with Crippen molar-refractivity contribution in [1.29, 1.82) is 0 Å². The minimum absolute atomic E-state index is 0.0713. The summed E-state index contributed by atoms with van der Waals surface area (Å²) in [5.41, 5.74) is 0. The van der Waals surface area contributed by atoms with Crippen molar-refractivity contribution >= 4 is 23.5 Å². The van der Waals surface area contributed by atoms with E-state index in [9.17, 15) is 29.4 Å². The summed E-state index contributed by atoms with van der Waals surface area (Å²) in [4.78, 5) is 45.1. The van der Waals surface area contributed by atoms with Gasteiger partial charge in [-0.2, -0.15) is 0 Å². The van der Waals surface area contributed by atoms with Gasteiger partial charge in [-0.05, 0) is 13.8 Å². The molecule has 164 valence electrons. The van der Waals surface area contributed by atoms with Gasteiger partial charge >= 0.3 is 11.9 Å². The maximum absolute atomic E-state index is 11.6. The highest BCUT2D eigenvalue weighted by Crippen LogP contribution is 2.16. The molecule has 0 fully saturated rings. The summed E-state index contributed by atoms with van der Waals surface area (Å²) in [6.45, 7) is 8.82. The minimum atomic E-state index is -0.905. The summed E-state index contributed by atoms with van der Waals surface area (Å²) in [5.74, 6) is -2.22. The van der Waals surface area contributed by atoms with Gasteiger partial charge in [-0.25, -0.2) is 0 Å². The monoisotopic (exact) mass is 414 g/mol. The van der Waals surface area contributed by atoms with Crippen LogP contribution in [0.25, 0.3) is 0 Å². The number of Topliss-reactive ketones (excluding diaryl/α,β-unsaturated/α-hetero) is 2. The summed E-state index contributed by atoms with van der Waals surface area (Å²) in [5, 5.41) is 18.8. The number of hydrogen-bond acceptors (Lipinski definition) is 9. The fourth-order valence-electron chi connectivity index (χ4n) is 2.34. The maximum atomic E-state index is 11.6. The Kier molecular flexibility index (Phi) is 13.4. The van der Waals surface area contributed by atoms with Crippen molar-refractivity contribution in [2.45, 2.75) is 63.9 Å². The molecular weight excluding hydrogens is 384 g/mol. The molecule has 0 amide bonds. The Hall–Kier alpha value is -2.36. The zero-order chi connectivity index (χ0) is 22.4. The third-order valence-electron chi connectivity index (χ3n) is 3.66. The van der Waals surface area contributed by atoms with Crippen molar-refractivity contribution in [1.82, 2.24) is 0 Å². The summed E-state index contributed by atoms with van der Waals surface area (Å²) in [6.07, 6.45) is -0.898. The van der Waals surface area contributed by atoms with Crippen LogP contribution in [-0.4, -0.2) is 71.3 Å². The number of carbonyl (C=O) groups excluding carboxylic acids is 4. The molecule has 0 aromatic rings. The molecule has 4 atom stereocenters. The Morgan fingerprint density at radius 2 is 1.14 bits per heavy atom. The Labute approximate surface area is 170 Å². The van der Waals surface area contributed by atoms with Crippen molar-refractivity contribution in [3.05, 3.63) is 25.3 Å². The van der Waals surface area contributed by atoms with Gasteiger partial charge in [-0.1, -0.05) is 12.2 Å². The van der Waals surface area contributed by atoms with Crippen LogP contribution in [0.2, 0.25) is 0 Å². The zero-order valence-electron chi connectivity index (χ0n) is 16.9. The second-order valence-corrected chi connectivity index (χ2v) is 6.50. The predicted octanol–water partition coefficient (Wildman–Crippen LogP) is 0.659. The van der Waals surface area contributed by atoms with Gasteiger partial charge in [0.15, 0.2) is 0 Å². The normalized spacial score (nSPS) is 14.8. The van der Waals surface area contributed by atoms with Crippen molar-refractivity contribution in [2.24, 2.45) is 0 Å². The van der Waals surface area contributed by atoms with E-state index in [0.29, 0.717) is 0 Å². The molecule has 0 heterocycles. The number of aliphatic hydroxyl groups is 2. The fraction of sp³-hybridized carbons (Fsp3) is 0.600. The average molecular weight is 414 g/mol. The molecule has 29 heavy (non-hydrogen) atoms. The van der Waals surface area contributed by atoms with E-state index in [0.717, 1.165) is 0 Å². The molecule has 0 aliphatic carbocycles. The minimum Gasteiger partial charge on any atom is -0.459 e. The van der Waals surface area contributed by atoms with Gasteiger partial charge in [0.25, 0.3) is 0 Å². The smallest absolute Gasteiger partial charge is 0.313 e. The van der Waals surface area contributed by atoms with Crippen LogP contribution >= 0.6 is 0 Å². The van der Waals surface area contributed by atoms with Crippen LogP contribution in [-0.2, 0) is 33.4 Å². The largest absolute Gasteiger partial charge is 0.459 e. The number of rotatable bonds is 16.